The van der Waals surface area contributed by atoms with Crippen LogP contribution in [0.2, 0.25) is 0 Å². The molecule has 0 atom stereocenters. The van der Waals surface area contributed by atoms with Gasteiger partial charge in [-0.1, -0.05) is 64.1 Å². The minimum atomic E-state index is 0.626. The lowest BCUT2D eigenvalue weighted by Gasteiger charge is -2.13. The van der Waals surface area contributed by atoms with Crippen LogP contribution in [-0.4, -0.2) is 14.1 Å². The summed E-state index contributed by atoms with van der Waals surface area (Å²) in [6.07, 6.45) is 0. The summed E-state index contributed by atoms with van der Waals surface area (Å²) in [6.45, 7) is 12.7. The maximum Gasteiger partial charge on any atom is 0.0361 e. The monoisotopic (exact) mass is 299 g/mol. The maximum atomic E-state index is 2.21. The molecule has 0 radical (unpaired) electrons. The van der Waals surface area contributed by atoms with E-state index in [0.717, 1.165) is 0 Å². The smallest absolute Gasteiger partial charge is 0.0361 e. The molecule has 0 heterocycles. The predicted molar refractivity (Wildman–Crippen MR) is 102 cm³/mol. The number of benzene rings is 2. The normalized spacial score (nSPS) is 9.32. The molecule has 2 aromatic carbocycles. The van der Waals surface area contributed by atoms with Gasteiger partial charge in [0.15, 0.2) is 0 Å². The summed E-state index contributed by atoms with van der Waals surface area (Å²) >= 11 is 0. The van der Waals surface area contributed by atoms with Crippen LogP contribution in [0.15, 0.2) is 48.5 Å². The van der Waals surface area contributed by atoms with Crippen molar-refractivity contribution in [2.45, 2.75) is 47.5 Å². The van der Waals surface area contributed by atoms with Crippen molar-refractivity contribution < 1.29 is 0 Å². The van der Waals surface area contributed by atoms with E-state index in [1.54, 1.807) is 0 Å². The average Bonchev–Trinajstić information content (AvgIpc) is 2.53. The molecule has 0 saturated heterocycles. The quantitative estimate of drug-likeness (QED) is 0.637. The number of aryl methyl sites for hydroxylation is 2. The topological polar surface area (TPSA) is 3.24 Å². The molecule has 2 rings (SSSR count). The maximum absolute atomic E-state index is 2.21. The molecule has 0 N–H and O–H groups in total. The van der Waals surface area contributed by atoms with Crippen LogP contribution in [0.1, 0.15) is 50.3 Å². The average molecular weight is 300 g/mol. The molecule has 0 amide bonds. The van der Waals surface area contributed by atoms with Gasteiger partial charge in [-0.25, -0.2) is 0 Å². The van der Waals surface area contributed by atoms with Crippen LogP contribution in [0.3, 0.4) is 0 Å². The molecule has 0 spiro atoms. The van der Waals surface area contributed by atoms with Crippen molar-refractivity contribution in [2.24, 2.45) is 0 Å². The zero-order valence-electron chi connectivity index (χ0n) is 15.6. The Morgan fingerprint density at radius 1 is 0.727 bits per heavy atom. The van der Waals surface area contributed by atoms with E-state index in [9.17, 15) is 0 Å². The third kappa shape index (κ3) is 7.31. The minimum absolute atomic E-state index is 0.626. The number of nitrogens with zero attached hydrogens (tertiary/aromatic N) is 1. The zero-order chi connectivity index (χ0) is 17.1. The highest BCUT2D eigenvalue weighted by Crippen LogP contribution is 2.18. The van der Waals surface area contributed by atoms with Crippen molar-refractivity contribution in [1.29, 1.82) is 0 Å². The summed E-state index contributed by atoms with van der Waals surface area (Å²) in [5, 5.41) is 0. The number of anilines is 1. The number of hydrogen-bond donors (Lipinski definition) is 0. The first kappa shape index (κ1) is 20.2. The van der Waals surface area contributed by atoms with Crippen LogP contribution >= 0.6 is 0 Å². The van der Waals surface area contributed by atoms with Crippen LogP contribution in [0.5, 0.6) is 0 Å². The lowest BCUT2D eigenvalue weighted by molar-refractivity contribution is 0.866. The van der Waals surface area contributed by atoms with Gasteiger partial charge in [0, 0.05) is 19.8 Å². The van der Waals surface area contributed by atoms with Crippen molar-refractivity contribution in [3.8, 4) is 0 Å². The van der Waals surface area contributed by atoms with Crippen LogP contribution in [0.25, 0.3) is 0 Å². The first-order valence-corrected chi connectivity index (χ1v) is 8.21. The first-order chi connectivity index (χ1) is 10.4. The molecule has 0 aliphatic rings. The molecule has 0 saturated carbocycles. The summed E-state index contributed by atoms with van der Waals surface area (Å²) in [5.41, 5.74) is 5.40. The molecule has 122 valence electrons. The second-order valence-corrected chi connectivity index (χ2v) is 5.72. The van der Waals surface area contributed by atoms with Crippen LogP contribution in [-0.2, 0) is 0 Å². The fourth-order valence-corrected chi connectivity index (χ4v) is 1.82. The standard InChI is InChI=1S/C11H17N.C8H10.C2H6/c1-9(2)10-5-7-11(8-6-10)12(3)4;1-7-5-3-4-6-8(7)2;1-2/h5-9H,1-4H3;3-6H,1-2H3;1-2H3. The van der Waals surface area contributed by atoms with Gasteiger partial charge in [-0.3, -0.25) is 0 Å². The van der Waals surface area contributed by atoms with Crippen molar-refractivity contribution in [3.05, 3.63) is 65.2 Å². The van der Waals surface area contributed by atoms with E-state index in [1.807, 2.05) is 13.8 Å². The Hall–Kier alpha value is -1.76. The lowest BCUT2D eigenvalue weighted by Crippen LogP contribution is -2.08. The summed E-state index contributed by atoms with van der Waals surface area (Å²) in [5.74, 6) is 0.626. The SMILES string of the molecule is CC.CC(C)c1ccc(N(C)C)cc1.Cc1ccccc1C. The predicted octanol–water partition coefficient (Wildman–Crippen LogP) is 6.21. The number of hydrogen-bond acceptors (Lipinski definition) is 1. The molecule has 22 heavy (non-hydrogen) atoms. The molecule has 0 aliphatic heterocycles. The van der Waals surface area contributed by atoms with Gasteiger partial charge >= 0.3 is 0 Å². The molecule has 1 nitrogen and oxygen atoms in total. The van der Waals surface area contributed by atoms with Crippen molar-refractivity contribution >= 4 is 5.69 Å². The fourth-order valence-electron chi connectivity index (χ4n) is 1.82. The van der Waals surface area contributed by atoms with E-state index in [4.69, 9.17) is 0 Å². The van der Waals surface area contributed by atoms with Crippen LogP contribution in [0, 0.1) is 13.8 Å². The Labute approximate surface area is 138 Å². The Morgan fingerprint density at radius 2 is 1.14 bits per heavy atom. The van der Waals surface area contributed by atoms with Gasteiger partial charge < -0.3 is 4.90 Å². The van der Waals surface area contributed by atoms with E-state index in [-0.39, 0.29) is 0 Å². The third-order valence-corrected chi connectivity index (χ3v) is 3.50. The second kappa shape index (κ2) is 10.9. The number of rotatable bonds is 2. The summed E-state index contributed by atoms with van der Waals surface area (Å²) in [7, 11) is 4.12. The lowest BCUT2D eigenvalue weighted by atomic mass is 10.0. The zero-order valence-corrected chi connectivity index (χ0v) is 15.6. The van der Waals surface area contributed by atoms with Gasteiger partial charge in [0.2, 0.25) is 0 Å². The largest absolute Gasteiger partial charge is 0.378 e. The summed E-state index contributed by atoms with van der Waals surface area (Å²) < 4.78 is 0. The van der Waals surface area contributed by atoms with E-state index in [2.05, 4.69) is 95.2 Å². The van der Waals surface area contributed by atoms with Crippen molar-refractivity contribution in [2.75, 3.05) is 19.0 Å². The highest BCUT2D eigenvalue weighted by Gasteiger charge is 1.98. The summed E-state index contributed by atoms with van der Waals surface area (Å²) in [4.78, 5) is 2.12. The Kier molecular flexibility index (Phi) is 10.0. The second-order valence-electron chi connectivity index (χ2n) is 5.72. The summed E-state index contributed by atoms with van der Waals surface area (Å²) in [6, 6.07) is 17.1. The van der Waals surface area contributed by atoms with Gasteiger partial charge in [0.25, 0.3) is 0 Å². The Balaban J connectivity index is 0.000000382. The Morgan fingerprint density at radius 3 is 1.41 bits per heavy atom. The highest BCUT2D eigenvalue weighted by molar-refractivity contribution is 5.46. The van der Waals surface area contributed by atoms with Gasteiger partial charge in [-0.05, 0) is 48.6 Å². The van der Waals surface area contributed by atoms with E-state index >= 15 is 0 Å². The third-order valence-electron chi connectivity index (χ3n) is 3.50. The van der Waals surface area contributed by atoms with Gasteiger partial charge in [-0.2, -0.15) is 0 Å². The van der Waals surface area contributed by atoms with Crippen LogP contribution in [0.4, 0.5) is 5.69 Å². The van der Waals surface area contributed by atoms with E-state index < -0.39 is 0 Å². The fraction of sp³-hybridized carbons (Fsp3) is 0.429. The van der Waals surface area contributed by atoms with Crippen molar-refractivity contribution in [1.82, 2.24) is 0 Å². The van der Waals surface area contributed by atoms with Crippen LogP contribution < -0.4 is 4.90 Å². The molecule has 2 aromatic rings. The van der Waals surface area contributed by atoms with Gasteiger partial charge in [0.1, 0.15) is 0 Å². The van der Waals surface area contributed by atoms with Gasteiger partial charge in [0.05, 0.1) is 0 Å². The van der Waals surface area contributed by atoms with E-state index in [1.165, 1.54) is 22.4 Å². The molecule has 1 heteroatoms. The molecule has 0 aliphatic carbocycles. The molecular weight excluding hydrogens is 266 g/mol. The molecule has 0 bridgehead atoms. The molecule has 0 aromatic heterocycles. The van der Waals surface area contributed by atoms with Crippen molar-refractivity contribution in [3.63, 3.8) is 0 Å². The van der Waals surface area contributed by atoms with Gasteiger partial charge in [-0.15, -0.1) is 0 Å². The Bertz CT molecular complexity index is 462. The molecule has 0 unspecified atom stereocenters. The molecule has 0 fully saturated rings. The first-order valence-electron chi connectivity index (χ1n) is 8.21. The highest BCUT2D eigenvalue weighted by atomic mass is 15.1. The van der Waals surface area contributed by atoms with E-state index in [0.29, 0.717) is 5.92 Å². The molecular formula is C21H33N. The minimum Gasteiger partial charge on any atom is -0.378 e.